The highest BCUT2D eigenvalue weighted by molar-refractivity contribution is 6.06. The van der Waals surface area contributed by atoms with E-state index in [9.17, 15) is 4.79 Å². The van der Waals surface area contributed by atoms with Gasteiger partial charge in [-0.25, -0.2) is 0 Å². The van der Waals surface area contributed by atoms with Gasteiger partial charge in [-0.3, -0.25) is 9.78 Å². The molecule has 3 heterocycles. The first-order chi connectivity index (χ1) is 13.0. The maximum absolute atomic E-state index is 12.8. The summed E-state index contributed by atoms with van der Waals surface area (Å²) in [5.41, 5.74) is 4.37. The van der Waals surface area contributed by atoms with Crippen molar-refractivity contribution in [2.75, 3.05) is 0 Å². The van der Waals surface area contributed by atoms with Crippen LogP contribution in [-0.4, -0.2) is 26.0 Å². The highest BCUT2D eigenvalue weighted by Gasteiger charge is 2.20. The first-order valence-electron chi connectivity index (χ1n) is 8.67. The lowest BCUT2D eigenvalue weighted by Crippen LogP contribution is -2.27. The Morgan fingerprint density at radius 2 is 2.07 bits per heavy atom. The van der Waals surface area contributed by atoms with Crippen molar-refractivity contribution in [2.45, 2.75) is 26.8 Å². The summed E-state index contributed by atoms with van der Waals surface area (Å²) in [6.07, 6.45) is 3.34. The SMILES string of the molecule is Cc1[nH]c2c(C(=O)NC(C)c3nc(-c4cccnc4)no3)cccc2c1C. The summed E-state index contributed by atoms with van der Waals surface area (Å²) in [4.78, 5) is 24.5. The number of amides is 1. The predicted molar refractivity (Wildman–Crippen MR) is 101 cm³/mol. The Morgan fingerprint density at radius 3 is 2.85 bits per heavy atom. The number of carbonyl (C=O) groups excluding carboxylic acids is 1. The Balaban J connectivity index is 1.57. The molecule has 7 nitrogen and oxygen atoms in total. The molecule has 4 aromatic rings. The summed E-state index contributed by atoms with van der Waals surface area (Å²) in [5, 5.41) is 7.94. The Hall–Kier alpha value is -3.48. The molecule has 7 heteroatoms. The van der Waals surface area contributed by atoms with Gasteiger partial charge < -0.3 is 14.8 Å². The molecule has 1 unspecified atom stereocenters. The molecule has 2 N–H and O–H groups in total. The zero-order chi connectivity index (χ0) is 19.0. The molecule has 136 valence electrons. The number of benzene rings is 1. The number of aryl methyl sites for hydroxylation is 2. The molecule has 1 aromatic carbocycles. The van der Waals surface area contributed by atoms with Crippen molar-refractivity contribution >= 4 is 16.8 Å². The molecule has 0 saturated carbocycles. The van der Waals surface area contributed by atoms with E-state index in [-0.39, 0.29) is 5.91 Å². The number of aromatic amines is 1. The number of fused-ring (bicyclic) bond motifs is 1. The summed E-state index contributed by atoms with van der Waals surface area (Å²) in [7, 11) is 0. The van der Waals surface area contributed by atoms with Crippen LogP contribution in [0.4, 0.5) is 0 Å². The summed E-state index contributed by atoms with van der Waals surface area (Å²) >= 11 is 0. The molecular weight excluding hydrogens is 342 g/mol. The first kappa shape index (κ1) is 17.0. The van der Waals surface area contributed by atoms with Crippen molar-refractivity contribution in [3.05, 3.63) is 65.4 Å². The van der Waals surface area contributed by atoms with Crippen LogP contribution in [0.5, 0.6) is 0 Å². The third-order valence-electron chi connectivity index (χ3n) is 4.67. The van der Waals surface area contributed by atoms with Gasteiger partial charge >= 0.3 is 0 Å². The van der Waals surface area contributed by atoms with E-state index in [1.165, 1.54) is 0 Å². The zero-order valence-electron chi connectivity index (χ0n) is 15.3. The lowest BCUT2D eigenvalue weighted by atomic mass is 10.1. The molecule has 1 amide bonds. The summed E-state index contributed by atoms with van der Waals surface area (Å²) in [5.74, 6) is 0.584. The Bertz CT molecular complexity index is 1110. The van der Waals surface area contributed by atoms with E-state index in [1.807, 2.05) is 39.0 Å². The minimum absolute atomic E-state index is 0.199. The fourth-order valence-corrected chi connectivity index (χ4v) is 3.03. The quantitative estimate of drug-likeness (QED) is 0.577. The van der Waals surface area contributed by atoms with Crippen LogP contribution >= 0.6 is 0 Å². The van der Waals surface area contributed by atoms with Crippen LogP contribution in [0.3, 0.4) is 0 Å². The van der Waals surface area contributed by atoms with Gasteiger partial charge in [-0.2, -0.15) is 4.98 Å². The molecule has 0 aliphatic heterocycles. The van der Waals surface area contributed by atoms with Crippen LogP contribution in [0.1, 0.15) is 40.5 Å². The van der Waals surface area contributed by atoms with Gasteiger partial charge in [-0.1, -0.05) is 17.3 Å². The van der Waals surface area contributed by atoms with Crippen molar-refractivity contribution in [1.82, 2.24) is 25.4 Å². The Morgan fingerprint density at radius 1 is 1.22 bits per heavy atom. The number of para-hydroxylation sites is 1. The predicted octanol–water partition coefficient (Wildman–Crippen LogP) is 3.72. The Kier molecular flexibility index (Phi) is 4.19. The molecule has 27 heavy (non-hydrogen) atoms. The number of hydrogen-bond donors (Lipinski definition) is 2. The van der Waals surface area contributed by atoms with Crippen molar-refractivity contribution in [3.8, 4) is 11.4 Å². The molecule has 0 bridgehead atoms. The van der Waals surface area contributed by atoms with E-state index in [2.05, 4.69) is 25.4 Å². The fourth-order valence-electron chi connectivity index (χ4n) is 3.03. The van der Waals surface area contributed by atoms with Crippen LogP contribution in [0.2, 0.25) is 0 Å². The largest absolute Gasteiger partial charge is 0.358 e. The van der Waals surface area contributed by atoms with Gasteiger partial charge in [0.2, 0.25) is 11.7 Å². The third kappa shape index (κ3) is 3.08. The monoisotopic (exact) mass is 361 g/mol. The zero-order valence-corrected chi connectivity index (χ0v) is 15.3. The molecule has 1 atom stereocenters. The van der Waals surface area contributed by atoms with Crippen LogP contribution < -0.4 is 5.32 Å². The number of rotatable bonds is 4. The first-order valence-corrected chi connectivity index (χ1v) is 8.67. The average Bonchev–Trinajstić information content (AvgIpc) is 3.28. The molecular formula is C20H19N5O2. The highest BCUT2D eigenvalue weighted by Crippen LogP contribution is 2.25. The van der Waals surface area contributed by atoms with Gasteiger partial charge in [0, 0.05) is 29.0 Å². The van der Waals surface area contributed by atoms with Gasteiger partial charge in [-0.05, 0) is 44.5 Å². The van der Waals surface area contributed by atoms with Crippen LogP contribution in [-0.2, 0) is 0 Å². The van der Waals surface area contributed by atoms with E-state index in [1.54, 1.807) is 24.5 Å². The maximum atomic E-state index is 12.8. The maximum Gasteiger partial charge on any atom is 0.254 e. The molecule has 0 aliphatic rings. The van der Waals surface area contributed by atoms with E-state index < -0.39 is 6.04 Å². The molecule has 0 saturated heterocycles. The number of nitrogens with zero attached hydrogens (tertiary/aromatic N) is 3. The molecule has 4 rings (SSSR count). The highest BCUT2D eigenvalue weighted by atomic mass is 16.5. The second kappa shape index (κ2) is 6.68. The average molecular weight is 361 g/mol. The van der Waals surface area contributed by atoms with E-state index >= 15 is 0 Å². The number of hydrogen-bond acceptors (Lipinski definition) is 5. The smallest absolute Gasteiger partial charge is 0.254 e. The number of nitrogens with one attached hydrogen (secondary N) is 2. The van der Waals surface area contributed by atoms with Crippen molar-refractivity contribution in [2.24, 2.45) is 0 Å². The van der Waals surface area contributed by atoms with E-state index in [4.69, 9.17) is 4.52 Å². The fraction of sp³-hybridized carbons (Fsp3) is 0.200. The second-order valence-corrected chi connectivity index (χ2v) is 6.50. The molecule has 3 aromatic heterocycles. The number of aromatic nitrogens is 4. The number of H-pyrrole nitrogens is 1. The van der Waals surface area contributed by atoms with Crippen molar-refractivity contribution in [1.29, 1.82) is 0 Å². The number of carbonyl (C=O) groups is 1. The minimum Gasteiger partial charge on any atom is -0.358 e. The van der Waals surface area contributed by atoms with Crippen molar-refractivity contribution < 1.29 is 9.32 Å². The van der Waals surface area contributed by atoms with Gasteiger partial charge in [0.15, 0.2) is 0 Å². The molecule has 0 fully saturated rings. The third-order valence-corrected chi connectivity index (χ3v) is 4.67. The van der Waals surface area contributed by atoms with E-state index in [0.717, 1.165) is 27.7 Å². The van der Waals surface area contributed by atoms with Crippen LogP contribution in [0.15, 0.2) is 47.2 Å². The topological polar surface area (TPSA) is 96.7 Å². The number of pyridine rings is 1. The normalized spacial score (nSPS) is 12.3. The molecule has 0 aliphatic carbocycles. The van der Waals surface area contributed by atoms with Crippen LogP contribution in [0.25, 0.3) is 22.3 Å². The van der Waals surface area contributed by atoms with Crippen LogP contribution in [0, 0.1) is 13.8 Å². The summed E-state index contributed by atoms with van der Waals surface area (Å²) in [6, 6.07) is 8.91. The summed E-state index contributed by atoms with van der Waals surface area (Å²) in [6.45, 7) is 5.85. The summed E-state index contributed by atoms with van der Waals surface area (Å²) < 4.78 is 5.32. The second-order valence-electron chi connectivity index (χ2n) is 6.50. The Labute approximate surface area is 155 Å². The lowest BCUT2D eigenvalue weighted by molar-refractivity contribution is 0.0934. The van der Waals surface area contributed by atoms with Gasteiger partial charge in [-0.15, -0.1) is 0 Å². The van der Waals surface area contributed by atoms with Crippen molar-refractivity contribution in [3.63, 3.8) is 0 Å². The van der Waals surface area contributed by atoms with Gasteiger partial charge in [0.1, 0.15) is 6.04 Å². The molecule has 0 radical (unpaired) electrons. The van der Waals surface area contributed by atoms with Gasteiger partial charge in [0.05, 0.1) is 11.1 Å². The standard InChI is InChI=1S/C20H19N5O2/c1-11-12(2)22-17-15(11)7-4-8-16(17)19(26)23-13(3)20-24-18(25-27-20)14-6-5-9-21-10-14/h4-10,13,22H,1-3H3,(H,23,26). The lowest BCUT2D eigenvalue weighted by Gasteiger charge is -2.10. The molecule has 0 spiro atoms. The van der Waals surface area contributed by atoms with E-state index in [0.29, 0.717) is 17.3 Å². The van der Waals surface area contributed by atoms with Gasteiger partial charge in [0.25, 0.3) is 5.91 Å². The minimum atomic E-state index is -0.428.